The summed E-state index contributed by atoms with van der Waals surface area (Å²) in [4.78, 5) is 14.7. The van der Waals surface area contributed by atoms with E-state index in [0.717, 1.165) is 25.2 Å². The fourth-order valence-corrected chi connectivity index (χ4v) is 3.73. The van der Waals surface area contributed by atoms with Gasteiger partial charge >= 0.3 is 0 Å². The Labute approximate surface area is 196 Å². The monoisotopic (exact) mass is 450 g/mol. The maximum absolute atomic E-state index is 12.4. The van der Waals surface area contributed by atoms with E-state index in [1.54, 1.807) is 6.07 Å². The van der Waals surface area contributed by atoms with Crippen molar-refractivity contribution in [3.63, 3.8) is 0 Å². The van der Waals surface area contributed by atoms with Gasteiger partial charge in [-0.05, 0) is 54.4 Å². The largest absolute Gasteiger partial charge is 0.491 e. The number of hydrogen-bond donors (Lipinski definition) is 1. The van der Waals surface area contributed by atoms with Crippen molar-refractivity contribution in [1.29, 1.82) is 0 Å². The Morgan fingerprint density at radius 1 is 0.938 bits per heavy atom. The van der Waals surface area contributed by atoms with Crippen LogP contribution >= 0.6 is 11.6 Å². The Bertz CT molecular complexity index is 986. The van der Waals surface area contributed by atoms with Crippen LogP contribution in [0.5, 0.6) is 5.75 Å². The Balaban J connectivity index is 1.47. The predicted octanol–water partition coefficient (Wildman–Crippen LogP) is 6.30. The van der Waals surface area contributed by atoms with E-state index in [2.05, 4.69) is 60.5 Å². The van der Waals surface area contributed by atoms with Crippen LogP contribution in [0.3, 0.4) is 0 Å². The van der Waals surface area contributed by atoms with Gasteiger partial charge in [0.05, 0.1) is 5.02 Å². The summed E-state index contributed by atoms with van der Waals surface area (Å²) in [6.07, 6.45) is 1.09. The van der Waals surface area contributed by atoms with Gasteiger partial charge in [-0.15, -0.1) is 0 Å². The highest BCUT2D eigenvalue weighted by atomic mass is 35.5. The van der Waals surface area contributed by atoms with Crippen LogP contribution in [0.1, 0.15) is 25.8 Å². The molecule has 0 fully saturated rings. The van der Waals surface area contributed by atoms with Crippen molar-refractivity contribution >= 4 is 23.2 Å². The second-order valence-electron chi connectivity index (χ2n) is 7.63. The number of nitrogens with zero attached hydrogens (tertiary/aromatic N) is 1. The summed E-state index contributed by atoms with van der Waals surface area (Å²) >= 11 is 6.34. The molecule has 168 valence electrons. The van der Waals surface area contributed by atoms with Crippen LogP contribution in [-0.2, 0) is 11.2 Å². The third-order valence-corrected chi connectivity index (χ3v) is 5.77. The molecule has 1 N–H and O–H groups in total. The number of nitrogens with one attached hydrogen (secondary N) is 1. The van der Waals surface area contributed by atoms with Gasteiger partial charge in [0.15, 0.2) is 0 Å². The van der Waals surface area contributed by atoms with Gasteiger partial charge in [-0.25, -0.2) is 0 Å². The summed E-state index contributed by atoms with van der Waals surface area (Å²) in [6, 6.07) is 24.0. The zero-order chi connectivity index (χ0) is 22.8. The van der Waals surface area contributed by atoms with E-state index in [9.17, 15) is 4.79 Å². The van der Waals surface area contributed by atoms with Gasteiger partial charge in [-0.2, -0.15) is 0 Å². The van der Waals surface area contributed by atoms with Gasteiger partial charge in [0.25, 0.3) is 0 Å². The number of ether oxygens (including phenoxy) is 1. The molecule has 0 aliphatic rings. The first-order chi connectivity index (χ1) is 15.6. The summed E-state index contributed by atoms with van der Waals surface area (Å²) in [5.74, 6) is 0.596. The molecule has 3 aromatic rings. The zero-order valence-electron chi connectivity index (χ0n) is 18.8. The lowest BCUT2D eigenvalue weighted by Crippen LogP contribution is -2.27. The number of carbonyl (C=O) groups is 1. The molecule has 0 radical (unpaired) electrons. The Hall–Kier alpha value is -2.82. The fraction of sp³-hybridized carbons (Fsp3) is 0.296. The summed E-state index contributed by atoms with van der Waals surface area (Å²) in [7, 11) is 0. The predicted molar refractivity (Wildman–Crippen MR) is 134 cm³/mol. The number of likely N-dealkylation sites (N-methyl/N-ethyl adjacent to an activating group) is 1. The van der Waals surface area contributed by atoms with Crippen LogP contribution in [0.15, 0.2) is 72.8 Å². The quantitative estimate of drug-likeness (QED) is 0.372. The van der Waals surface area contributed by atoms with Gasteiger partial charge < -0.3 is 15.0 Å². The molecule has 0 aliphatic carbocycles. The number of carbonyl (C=O) groups excluding carboxylic acids is 1. The fourth-order valence-electron chi connectivity index (χ4n) is 3.50. The van der Waals surface area contributed by atoms with Crippen molar-refractivity contribution in [3.05, 3.63) is 83.4 Å². The standard InChI is InChI=1S/C27H31ClN2O2/c1-3-30(4-2)18-19-32-26-16-15-24(20-25(26)28)29-27(31)17-12-21-10-13-23(14-11-21)22-8-6-5-7-9-22/h5-11,13-16,20H,3-4,12,17-19H2,1-2H3,(H,29,31). The first-order valence-corrected chi connectivity index (χ1v) is 11.6. The molecule has 0 heterocycles. The van der Waals surface area contributed by atoms with Crippen LogP contribution in [0.25, 0.3) is 11.1 Å². The summed E-state index contributed by atoms with van der Waals surface area (Å²) in [5.41, 5.74) is 4.17. The molecule has 3 aromatic carbocycles. The minimum atomic E-state index is -0.0385. The van der Waals surface area contributed by atoms with Crippen LogP contribution in [0.4, 0.5) is 5.69 Å². The first kappa shape index (κ1) is 23.8. The number of benzene rings is 3. The van der Waals surface area contributed by atoms with E-state index in [1.807, 2.05) is 30.3 Å². The molecular weight excluding hydrogens is 420 g/mol. The van der Waals surface area contributed by atoms with Crippen molar-refractivity contribution in [2.24, 2.45) is 0 Å². The van der Waals surface area contributed by atoms with Crippen LogP contribution in [0.2, 0.25) is 5.02 Å². The normalized spacial score (nSPS) is 10.9. The van der Waals surface area contributed by atoms with E-state index in [4.69, 9.17) is 16.3 Å². The molecule has 32 heavy (non-hydrogen) atoms. The molecule has 5 heteroatoms. The molecule has 0 unspecified atom stereocenters. The summed E-state index contributed by atoms with van der Waals surface area (Å²) in [5, 5.41) is 3.42. The number of rotatable bonds is 11. The SMILES string of the molecule is CCN(CC)CCOc1ccc(NC(=O)CCc2ccc(-c3ccccc3)cc2)cc1Cl. The van der Waals surface area contributed by atoms with E-state index in [0.29, 0.717) is 35.9 Å². The van der Waals surface area contributed by atoms with E-state index >= 15 is 0 Å². The molecule has 0 spiro atoms. The lowest BCUT2D eigenvalue weighted by molar-refractivity contribution is -0.116. The van der Waals surface area contributed by atoms with Gasteiger partial charge in [0.1, 0.15) is 12.4 Å². The number of anilines is 1. The van der Waals surface area contributed by atoms with Crippen molar-refractivity contribution in [2.45, 2.75) is 26.7 Å². The van der Waals surface area contributed by atoms with Crippen LogP contribution < -0.4 is 10.1 Å². The van der Waals surface area contributed by atoms with Crippen molar-refractivity contribution in [2.75, 3.05) is 31.6 Å². The van der Waals surface area contributed by atoms with Crippen molar-refractivity contribution in [3.8, 4) is 16.9 Å². The highest BCUT2D eigenvalue weighted by molar-refractivity contribution is 6.32. The lowest BCUT2D eigenvalue weighted by Gasteiger charge is -2.18. The van der Waals surface area contributed by atoms with E-state index < -0.39 is 0 Å². The average molecular weight is 451 g/mol. The van der Waals surface area contributed by atoms with Crippen molar-refractivity contribution in [1.82, 2.24) is 4.90 Å². The Kier molecular flexibility index (Phi) is 9.14. The van der Waals surface area contributed by atoms with Crippen LogP contribution in [-0.4, -0.2) is 37.0 Å². The average Bonchev–Trinajstić information content (AvgIpc) is 2.83. The molecule has 4 nitrogen and oxygen atoms in total. The number of amides is 1. The number of halogens is 1. The van der Waals surface area contributed by atoms with Gasteiger partial charge in [-0.3, -0.25) is 4.79 Å². The highest BCUT2D eigenvalue weighted by Gasteiger charge is 2.08. The van der Waals surface area contributed by atoms with Crippen molar-refractivity contribution < 1.29 is 9.53 Å². The summed E-state index contributed by atoms with van der Waals surface area (Å²) < 4.78 is 5.79. The molecule has 3 rings (SSSR count). The third-order valence-electron chi connectivity index (χ3n) is 5.48. The maximum atomic E-state index is 12.4. The minimum absolute atomic E-state index is 0.0385. The first-order valence-electron chi connectivity index (χ1n) is 11.2. The number of hydrogen-bond acceptors (Lipinski definition) is 3. The topological polar surface area (TPSA) is 41.6 Å². The smallest absolute Gasteiger partial charge is 0.224 e. The molecule has 0 atom stereocenters. The van der Waals surface area contributed by atoms with E-state index in [-0.39, 0.29) is 5.91 Å². The molecule has 0 saturated heterocycles. The highest BCUT2D eigenvalue weighted by Crippen LogP contribution is 2.28. The molecular formula is C27H31ClN2O2. The third kappa shape index (κ3) is 7.11. The van der Waals surface area contributed by atoms with Gasteiger partial charge in [0.2, 0.25) is 5.91 Å². The second kappa shape index (κ2) is 12.3. The Morgan fingerprint density at radius 2 is 1.62 bits per heavy atom. The lowest BCUT2D eigenvalue weighted by atomic mass is 10.0. The minimum Gasteiger partial charge on any atom is -0.491 e. The van der Waals surface area contributed by atoms with E-state index in [1.165, 1.54) is 11.1 Å². The zero-order valence-corrected chi connectivity index (χ0v) is 19.6. The van der Waals surface area contributed by atoms with Gasteiger partial charge in [0, 0.05) is 18.7 Å². The molecule has 0 bridgehead atoms. The summed E-state index contributed by atoms with van der Waals surface area (Å²) in [6.45, 7) is 7.69. The maximum Gasteiger partial charge on any atom is 0.224 e. The molecule has 0 aliphatic heterocycles. The van der Waals surface area contributed by atoms with Gasteiger partial charge in [-0.1, -0.05) is 80.0 Å². The second-order valence-corrected chi connectivity index (χ2v) is 8.04. The Morgan fingerprint density at radius 3 is 2.28 bits per heavy atom. The van der Waals surface area contributed by atoms with Crippen LogP contribution in [0, 0.1) is 0 Å². The number of aryl methyl sites for hydroxylation is 1. The molecule has 0 aromatic heterocycles. The molecule has 1 amide bonds. The molecule has 0 saturated carbocycles.